The first kappa shape index (κ1) is 9.51. The predicted octanol–water partition coefficient (Wildman–Crippen LogP) is 1.84. The van der Waals surface area contributed by atoms with E-state index in [4.69, 9.17) is 14.2 Å². The lowest BCUT2D eigenvalue weighted by molar-refractivity contribution is -0.147. The van der Waals surface area contributed by atoms with Gasteiger partial charge in [0, 0.05) is 0 Å². The lowest BCUT2D eigenvalue weighted by atomic mass is 9.91. The van der Waals surface area contributed by atoms with Crippen molar-refractivity contribution in [3.63, 3.8) is 0 Å². The molecule has 1 aromatic rings. The van der Waals surface area contributed by atoms with Gasteiger partial charge in [-0.25, -0.2) is 0 Å². The number of hydrogen-bond donors (Lipinski definition) is 0. The topological polar surface area (TPSA) is 44.8 Å². The van der Waals surface area contributed by atoms with Crippen molar-refractivity contribution >= 4 is 5.97 Å². The van der Waals surface area contributed by atoms with Crippen molar-refractivity contribution in [1.29, 1.82) is 0 Å². The third-order valence-corrected chi connectivity index (χ3v) is 3.01. The maximum absolute atomic E-state index is 11.2. The summed E-state index contributed by atoms with van der Waals surface area (Å²) in [4.78, 5) is 11.2. The number of benzene rings is 1. The van der Waals surface area contributed by atoms with Crippen LogP contribution in [0, 0.1) is 0 Å². The van der Waals surface area contributed by atoms with E-state index in [1.807, 2.05) is 18.2 Å². The van der Waals surface area contributed by atoms with E-state index in [9.17, 15) is 4.79 Å². The van der Waals surface area contributed by atoms with Crippen LogP contribution in [0.15, 0.2) is 18.2 Å². The summed E-state index contributed by atoms with van der Waals surface area (Å²) in [6, 6.07) is 5.86. The van der Waals surface area contributed by atoms with Crippen molar-refractivity contribution in [2.45, 2.75) is 18.8 Å². The molecule has 0 bridgehead atoms. The molecule has 0 aromatic heterocycles. The molecule has 16 heavy (non-hydrogen) atoms. The molecule has 2 heterocycles. The highest BCUT2D eigenvalue weighted by Crippen LogP contribution is 2.37. The zero-order valence-corrected chi connectivity index (χ0v) is 8.77. The highest BCUT2D eigenvalue weighted by molar-refractivity contribution is 5.71. The molecule has 0 saturated carbocycles. The molecule has 4 heteroatoms. The number of carbonyl (C=O) groups is 1. The number of rotatable bonds is 1. The molecule has 84 valence electrons. The summed E-state index contributed by atoms with van der Waals surface area (Å²) in [5.74, 6) is 1.68. The van der Waals surface area contributed by atoms with Gasteiger partial charge in [-0.05, 0) is 30.0 Å². The van der Waals surface area contributed by atoms with Gasteiger partial charge in [0.2, 0.25) is 6.79 Å². The zero-order chi connectivity index (χ0) is 11.0. The Morgan fingerprint density at radius 2 is 2.00 bits per heavy atom. The Bertz CT molecular complexity index is 427. The first-order valence-corrected chi connectivity index (χ1v) is 5.38. The third kappa shape index (κ3) is 1.60. The van der Waals surface area contributed by atoms with Crippen LogP contribution in [0.4, 0.5) is 0 Å². The minimum atomic E-state index is -0.117. The number of cyclic esters (lactones) is 1. The summed E-state index contributed by atoms with van der Waals surface area (Å²) in [6.45, 7) is 0.795. The molecular weight excluding hydrogens is 208 g/mol. The average Bonchev–Trinajstić information content (AvgIpc) is 2.75. The molecule has 0 aliphatic carbocycles. The van der Waals surface area contributed by atoms with Crippen LogP contribution in [0.25, 0.3) is 0 Å². The van der Waals surface area contributed by atoms with Crippen molar-refractivity contribution in [2.75, 3.05) is 13.4 Å². The second-order valence-corrected chi connectivity index (χ2v) is 4.02. The minimum Gasteiger partial charge on any atom is -0.466 e. The molecule has 0 spiro atoms. The molecular formula is C12H12O4. The van der Waals surface area contributed by atoms with Gasteiger partial charge in [-0.3, -0.25) is 4.79 Å². The van der Waals surface area contributed by atoms with Crippen LogP contribution in [-0.2, 0) is 9.53 Å². The molecule has 1 fully saturated rings. The van der Waals surface area contributed by atoms with Gasteiger partial charge in [-0.15, -0.1) is 0 Å². The fourth-order valence-corrected chi connectivity index (χ4v) is 2.13. The Labute approximate surface area is 93.1 Å². The smallest absolute Gasteiger partial charge is 0.306 e. The van der Waals surface area contributed by atoms with Crippen LogP contribution in [0.1, 0.15) is 24.3 Å². The highest BCUT2D eigenvalue weighted by Gasteiger charge is 2.24. The van der Waals surface area contributed by atoms with E-state index in [0.29, 0.717) is 13.0 Å². The van der Waals surface area contributed by atoms with Gasteiger partial charge in [-0.2, -0.15) is 0 Å². The van der Waals surface area contributed by atoms with Gasteiger partial charge in [0.15, 0.2) is 11.5 Å². The summed E-state index contributed by atoms with van der Waals surface area (Å²) in [6.07, 6.45) is 1.34. The Balaban J connectivity index is 1.86. The number of fused-ring (bicyclic) bond motifs is 1. The van der Waals surface area contributed by atoms with Gasteiger partial charge < -0.3 is 14.2 Å². The molecule has 0 radical (unpaired) electrons. The number of hydrogen-bond acceptors (Lipinski definition) is 4. The predicted molar refractivity (Wildman–Crippen MR) is 55.5 cm³/mol. The van der Waals surface area contributed by atoms with Crippen LogP contribution < -0.4 is 9.47 Å². The van der Waals surface area contributed by atoms with Crippen LogP contribution >= 0.6 is 0 Å². The number of esters is 1. The van der Waals surface area contributed by atoms with Crippen molar-refractivity contribution in [3.8, 4) is 11.5 Å². The Kier molecular flexibility index (Phi) is 2.20. The van der Waals surface area contributed by atoms with E-state index < -0.39 is 0 Å². The van der Waals surface area contributed by atoms with Crippen molar-refractivity contribution in [2.24, 2.45) is 0 Å². The first-order valence-electron chi connectivity index (χ1n) is 5.38. The highest BCUT2D eigenvalue weighted by atomic mass is 16.7. The van der Waals surface area contributed by atoms with Gasteiger partial charge in [0.1, 0.15) is 0 Å². The van der Waals surface area contributed by atoms with Gasteiger partial charge in [0.05, 0.1) is 13.0 Å². The first-order chi connectivity index (χ1) is 7.83. The summed E-state index contributed by atoms with van der Waals surface area (Å²) < 4.78 is 15.5. The van der Waals surface area contributed by atoms with Crippen LogP contribution in [-0.4, -0.2) is 19.4 Å². The quantitative estimate of drug-likeness (QED) is 0.677. The van der Waals surface area contributed by atoms with Gasteiger partial charge in [-0.1, -0.05) is 6.07 Å². The minimum absolute atomic E-state index is 0.117. The monoisotopic (exact) mass is 220 g/mol. The number of ether oxygens (including phenoxy) is 3. The summed E-state index contributed by atoms with van der Waals surface area (Å²) >= 11 is 0. The van der Waals surface area contributed by atoms with Gasteiger partial charge >= 0.3 is 5.97 Å². The second kappa shape index (κ2) is 3.70. The van der Waals surface area contributed by atoms with E-state index in [1.54, 1.807) is 0 Å². The maximum Gasteiger partial charge on any atom is 0.306 e. The molecule has 4 nitrogen and oxygen atoms in total. The summed E-state index contributed by atoms with van der Waals surface area (Å²) in [7, 11) is 0. The fraction of sp³-hybridized carbons (Fsp3) is 0.417. The van der Waals surface area contributed by atoms with E-state index in [1.165, 1.54) is 0 Å². The molecule has 1 unspecified atom stereocenters. The van der Waals surface area contributed by atoms with Crippen molar-refractivity contribution < 1.29 is 19.0 Å². The Morgan fingerprint density at radius 1 is 1.12 bits per heavy atom. The molecule has 3 rings (SSSR count). The molecule has 0 N–H and O–H groups in total. The fourth-order valence-electron chi connectivity index (χ4n) is 2.13. The molecule has 2 aliphatic heterocycles. The second-order valence-electron chi connectivity index (χ2n) is 4.02. The molecule has 1 saturated heterocycles. The largest absolute Gasteiger partial charge is 0.466 e. The maximum atomic E-state index is 11.2. The van der Waals surface area contributed by atoms with E-state index in [0.717, 1.165) is 23.5 Å². The number of carbonyl (C=O) groups excluding carboxylic acids is 1. The molecule has 1 atom stereocenters. The molecule has 2 aliphatic rings. The Hall–Kier alpha value is -1.71. The van der Waals surface area contributed by atoms with E-state index in [2.05, 4.69) is 0 Å². The van der Waals surface area contributed by atoms with Crippen molar-refractivity contribution in [1.82, 2.24) is 0 Å². The summed E-state index contributed by atoms with van der Waals surface area (Å²) in [5.41, 5.74) is 1.13. The Morgan fingerprint density at radius 3 is 2.88 bits per heavy atom. The molecule has 1 aromatic carbocycles. The third-order valence-electron chi connectivity index (χ3n) is 3.01. The van der Waals surface area contributed by atoms with Crippen LogP contribution in [0.2, 0.25) is 0 Å². The standard InChI is InChI=1S/C12H12O4/c13-12-6-9(3-4-14-12)8-1-2-10-11(5-8)16-7-15-10/h1-2,5,9H,3-4,6-7H2. The molecule has 0 amide bonds. The van der Waals surface area contributed by atoms with Crippen LogP contribution in [0.3, 0.4) is 0 Å². The lowest BCUT2D eigenvalue weighted by Crippen LogP contribution is -2.19. The lowest BCUT2D eigenvalue weighted by Gasteiger charge is -2.21. The van der Waals surface area contributed by atoms with E-state index >= 15 is 0 Å². The average molecular weight is 220 g/mol. The summed E-state index contributed by atoms with van der Waals surface area (Å²) in [5, 5.41) is 0. The van der Waals surface area contributed by atoms with Gasteiger partial charge in [0.25, 0.3) is 0 Å². The van der Waals surface area contributed by atoms with Crippen LogP contribution in [0.5, 0.6) is 11.5 Å². The van der Waals surface area contributed by atoms with E-state index in [-0.39, 0.29) is 18.7 Å². The normalized spacial score (nSPS) is 23.0. The zero-order valence-electron chi connectivity index (χ0n) is 8.77. The van der Waals surface area contributed by atoms with Crippen molar-refractivity contribution in [3.05, 3.63) is 23.8 Å². The SMILES string of the molecule is O=C1CC(c2ccc3c(c2)OCO3)CCO1.